The van der Waals surface area contributed by atoms with Gasteiger partial charge in [0.05, 0.1) is 5.71 Å². The number of hydrogen-bond acceptors (Lipinski definition) is 3. The number of nitrogens with zero attached hydrogens (tertiary/aromatic N) is 1. The van der Waals surface area contributed by atoms with Gasteiger partial charge in [-0.25, -0.2) is 5.43 Å². The molecule has 5 nitrogen and oxygen atoms in total. The van der Waals surface area contributed by atoms with E-state index in [9.17, 15) is 9.59 Å². The number of benzene rings is 1. The maximum Gasteiger partial charge on any atom is 0.263 e. The summed E-state index contributed by atoms with van der Waals surface area (Å²) in [7, 11) is 0. The minimum absolute atomic E-state index is 0.135. The van der Waals surface area contributed by atoms with Gasteiger partial charge in [-0.1, -0.05) is 37.3 Å². The monoisotopic (exact) mass is 245 g/mol. The number of rotatable bonds is 3. The van der Waals surface area contributed by atoms with E-state index >= 15 is 0 Å². The molecule has 1 aromatic carbocycles. The van der Waals surface area contributed by atoms with Crippen LogP contribution in [0, 0.1) is 0 Å². The van der Waals surface area contributed by atoms with Gasteiger partial charge < -0.3 is 5.32 Å². The standard InChI is InChI=1S/C13H15N3O2/c1-2-12(17)14-11-8-10(15-16-13(11)18)9-6-4-3-5-7-9/h3-7,11H,2,8H2,1H3,(H,14,17)(H,16,18)/t11-/m0/s1. The zero-order valence-electron chi connectivity index (χ0n) is 10.1. The van der Waals surface area contributed by atoms with Crippen molar-refractivity contribution in [1.29, 1.82) is 0 Å². The number of nitrogens with one attached hydrogen (secondary N) is 2. The van der Waals surface area contributed by atoms with Crippen molar-refractivity contribution in [3.63, 3.8) is 0 Å². The second-order valence-corrected chi connectivity index (χ2v) is 4.08. The van der Waals surface area contributed by atoms with E-state index in [0.29, 0.717) is 12.8 Å². The lowest BCUT2D eigenvalue weighted by atomic mass is 10.0. The van der Waals surface area contributed by atoms with Crippen LogP contribution in [0.4, 0.5) is 0 Å². The van der Waals surface area contributed by atoms with Gasteiger partial charge in [0.25, 0.3) is 5.91 Å². The molecule has 0 fully saturated rings. The van der Waals surface area contributed by atoms with E-state index in [4.69, 9.17) is 0 Å². The summed E-state index contributed by atoms with van der Waals surface area (Å²) >= 11 is 0. The van der Waals surface area contributed by atoms with Gasteiger partial charge in [-0.15, -0.1) is 0 Å². The van der Waals surface area contributed by atoms with E-state index in [1.165, 1.54) is 0 Å². The second-order valence-electron chi connectivity index (χ2n) is 4.08. The molecule has 0 bridgehead atoms. The van der Waals surface area contributed by atoms with Crippen LogP contribution in [0.1, 0.15) is 25.3 Å². The van der Waals surface area contributed by atoms with Crippen LogP contribution in [0.25, 0.3) is 0 Å². The third kappa shape index (κ3) is 2.74. The van der Waals surface area contributed by atoms with Crippen LogP contribution in [-0.4, -0.2) is 23.6 Å². The average molecular weight is 245 g/mol. The predicted molar refractivity (Wildman–Crippen MR) is 68.0 cm³/mol. The molecule has 0 saturated heterocycles. The highest BCUT2D eigenvalue weighted by atomic mass is 16.2. The van der Waals surface area contributed by atoms with Crippen molar-refractivity contribution in [2.45, 2.75) is 25.8 Å². The Labute approximate surface area is 105 Å². The summed E-state index contributed by atoms with van der Waals surface area (Å²) in [5.41, 5.74) is 4.17. The van der Waals surface area contributed by atoms with Crippen LogP contribution in [0.15, 0.2) is 35.4 Å². The first-order valence-electron chi connectivity index (χ1n) is 5.92. The number of carbonyl (C=O) groups is 2. The molecule has 1 atom stereocenters. The number of hydrogen-bond donors (Lipinski definition) is 2. The van der Waals surface area contributed by atoms with E-state index in [1.54, 1.807) is 6.92 Å². The summed E-state index contributed by atoms with van der Waals surface area (Å²) in [6, 6.07) is 9.05. The molecule has 0 aliphatic carbocycles. The lowest BCUT2D eigenvalue weighted by Gasteiger charge is -2.22. The summed E-state index contributed by atoms with van der Waals surface area (Å²) in [4.78, 5) is 22.9. The van der Waals surface area contributed by atoms with E-state index in [1.807, 2.05) is 30.3 Å². The first-order chi connectivity index (χ1) is 8.70. The van der Waals surface area contributed by atoms with Gasteiger partial charge in [0, 0.05) is 12.8 Å². The van der Waals surface area contributed by atoms with Gasteiger partial charge in [0.2, 0.25) is 5.91 Å². The largest absolute Gasteiger partial charge is 0.344 e. The van der Waals surface area contributed by atoms with Crippen molar-refractivity contribution in [3.05, 3.63) is 35.9 Å². The summed E-state index contributed by atoms with van der Waals surface area (Å²) in [6.07, 6.45) is 0.781. The fraction of sp³-hybridized carbons (Fsp3) is 0.308. The highest BCUT2D eigenvalue weighted by Crippen LogP contribution is 2.10. The van der Waals surface area contributed by atoms with E-state index < -0.39 is 6.04 Å². The molecule has 0 saturated carbocycles. The Bertz CT molecular complexity index is 482. The van der Waals surface area contributed by atoms with Gasteiger partial charge in [-0.05, 0) is 5.56 Å². The van der Waals surface area contributed by atoms with Crippen molar-refractivity contribution >= 4 is 17.5 Å². The first-order valence-corrected chi connectivity index (χ1v) is 5.92. The minimum atomic E-state index is -0.537. The van der Waals surface area contributed by atoms with Gasteiger partial charge in [-0.3, -0.25) is 9.59 Å². The smallest absolute Gasteiger partial charge is 0.263 e. The van der Waals surface area contributed by atoms with Crippen molar-refractivity contribution in [1.82, 2.24) is 10.7 Å². The second kappa shape index (κ2) is 5.44. The lowest BCUT2D eigenvalue weighted by molar-refractivity contribution is -0.129. The molecular weight excluding hydrogens is 230 g/mol. The minimum Gasteiger partial charge on any atom is -0.344 e. The molecule has 18 heavy (non-hydrogen) atoms. The quantitative estimate of drug-likeness (QED) is 0.827. The molecule has 2 amide bonds. The Balaban J connectivity index is 2.12. The van der Waals surface area contributed by atoms with Crippen molar-refractivity contribution in [2.24, 2.45) is 5.10 Å². The number of amides is 2. The molecule has 0 spiro atoms. The highest BCUT2D eigenvalue weighted by molar-refractivity contribution is 6.06. The molecule has 2 N–H and O–H groups in total. The summed E-state index contributed by atoms with van der Waals surface area (Å²) in [6.45, 7) is 1.75. The highest BCUT2D eigenvalue weighted by Gasteiger charge is 2.26. The summed E-state index contributed by atoms with van der Waals surface area (Å²) in [5.74, 6) is -0.402. The fourth-order valence-corrected chi connectivity index (χ4v) is 1.76. The Kier molecular flexibility index (Phi) is 3.72. The zero-order valence-corrected chi connectivity index (χ0v) is 10.1. The maximum atomic E-state index is 11.6. The zero-order chi connectivity index (χ0) is 13.0. The molecule has 1 aliphatic rings. The molecule has 0 unspecified atom stereocenters. The number of hydrazone groups is 1. The van der Waals surface area contributed by atoms with Crippen molar-refractivity contribution in [3.8, 4) is 0 Å². The van der Waals surface area contributed by atoms with Crippen LogP contribution < -0.4 is 10.7 Å². The predicted octanol–water partition coefficient (Wildman–Crippen LogP) is 0.805. The Morgan fingerprint density at radius 1 is 1.44 bits per heavy atom. The topological polar surface area (TPSA) is 70.6 Å². The van der Waals surface area contributed by atoms with Crippen LogP contribution >= 0.6 is 0 Å². The van der Waals surface area contributed by atoms with E-state index in [2.05, 4.69) is 15.8 Å². The molecule has 0 aromatic heterocycles. The van der Waals surface area contributed by atoms with Gasteiger partial charge in [0.1, 0.15) is 6.04 Å². The molecule has 0 radical (unpaired) electrons. The fourth-order valence-electron chi connectivity index (χ4n) is 1.76. The van der Waals surface area contributed by atoms with Crippen LogP contribution in [0.2, 0.25) is 0 Å². The van der Waals surface area contributed by atoms with Gasteiger partial charge in [-0.2, -0.15) is 5.10 Å². The average Bonchev–Trinajstić information content (AvgIpc) is 2.42. The SMILES string of the molecule is CCC(=O)N[C@H]1CC(c2ccccc2)=NNC1=O. The molecule has 94 valence electrons. The number of carbonyl (C=O) groups excluding carboxylic acids is 2. The first kappa shape index (κ1) is 12.3. The van der Waals surface area contributed by atoms with Gasteiger partial charge in [0.15, 0.2) is 0 Å². The lowest BCUT2D eigenvalue weighted by Crippen LogP contribution is -2.49. The Morgan fingerprint density at radius 2 is 2.17 bits per heavy atom. The summed E-state index contributed by atoms with van der Waals surface area (Å²) in [5, 5.41) is 6.72. The molecule has 1 heterocycles. The Morgan fingerprint density at radius 3 is 2.83 bits per heavy atom. The van der Waals surface area contributed by atoms with E-state index in [-0.39, 0.29) is 11.8 Å². The summed E-state index contributed by atoms with van der Waals surface area (Å²) < 4.78 is 0. The Hall–Kier alpha value is -2.17. The molecule has 5 heteroatoms. The maximum absolute atomic E-state index is 11.6. The molecule has 1 aliphatic heterocycles. The van der Waals surface area contributed by atoms with Gasteiger partial charge >= 0.3 is 0 Å². The normalized spacial score (nSPS) is 18.8. The molecular formula is C13H15N3O2. The molecule has 1 aromatic rings. The third-order valence-electron chi connectivity index (χ3n) is 2.78. The van der Waals surface area contributed by atoms with Crippen molar-refractivity contribution < 1.29 is 9.59 Å². The van der Waals surface area contributed by atoms with Crippen molar-refractivity contribution in [2.75, 3.05) is 0 Å². The molecule has 2 rings (SSSR count). The van der Waals surface area contributed by atoms with E-state index in [0.717, 1.165) is 11.3 Å². The third-order valence-corrected chi connectivity index (χ3v) is 2.78. The van der Waals surface area contributed by atoms with Crippen LogP contribution in [-0.2, 0) is 9.59 Å². The van der Waals surface area contributed by atoms with Crippen LogP contribution in [0.3, 0.4) is 0 Å². The van der Waals surface area contributed by atoms with Crippen LogP contribution in [0.5, 0.6) is 0 Å².